The van der Waals surface area contributed by atoms with Crippen LogP contribution in [-0.4, -0.2) is 29.2 Å². The Morgan fingerprint density at radius 3 is 3.06 bits per heavy atom. The summed E-state index contributed by atoms with van der Waals surface area (Å²) in [6, 6.07) is 3.58. The molecule has 0 saturated carbocycles. The van der Waals surface area contributed by atoms with Crippen LogP contribution >= 0.6 is 0 Å². The second-order valence-corrected chi connectivity index (χ2v) is 3.43. The lowest BCUT2D eigenvalue weighted by Gasteiger charge is -2.06. The van der Waals surface area contributed by atoms with Gasteiger partial charge in [-0.3, -0.25) is 4.79 Å². The van der Waals surface area contributed by atoms with Crippen molar-refractivity contribution < 1.29 is 4.79 Å². The zero-order valence-corrected chi connectivity index (χ0v) is 9.73. The fourth-order valence-corrected chi connectivity index (χ4v) is 1.20. The van der Waals surface area contributed by atoms with Gasteiger partial charge in [-0.2, -0.15) is 10.4 Å². The Balaban J connectivity index is 2.36. The fraction of sp³-hybridized carbons (Fsp3) is 0.455. The van der Waals surface area contributed by atoms with Crippen LogP contribution in [-0.2, 0) is 4.79 Å². The minimum atomic E-state index is -0.0123. The Morgan fingerprint density at radius 2 is 2.35 bits per heavy atom. The summed E-state index contributed by atoms with van der Waals surface area (Å²) >= 11 is 0. The van der Waals surface area contributed by atoms with E-state index in [9.17, 15) is 4.79 Å². The van der Waals surface area contributed by atoms with Crippen molar-refractivity contribution in [2.24, 2.45) is 0 Å². The molecular formula is C11H15N5O. The number of carbonyl (C=O) groups is 1. The molecule has 1 aromatic rings. The van der Waals surface area contributed by atoms with Gasteiger partial charge < -0.3 is 10.6 Å². The van der Waals surface area contributed by atoms with E-state index in [4.69, 9.17) is 5.26 Å². The molecule has 0 bridgehead atoms. The molecule has 2 N–H and O–H groups in total. The minimum absolute atomic E-state index is 0.0123. The lowest BCUT2D eigenvalue weighted by Crippen LogP contribution is -2.26. The van der Waals surface area contributed by atoms with E-state index in [1.807, 2.05) is 13.0 Å². The van der Waals surface area contributed by atoms with E-state index in [1.54, 1.807) is 6.07 Å². The zero-order chi connectivity index (χ0) is 12.5. The van der Waals surface area contributed by atoms with Gasteiger partial charge in [-0.1, -0.05) is 6.92 Å². The molecule has 6 nitrogen and oxygen atoms in total. The highest BCUT2D eigenvalue weighted by molar-refractivity contribution is 5.76. The third-order valence-electron chi connectivity index (χ3n) is 2.06. The highest BCUT2D eigenvalue weighted by Crippen LogP contribution is 2.07. The molecule has 0 aliphatic carbocycles. The third kappa shape index (κ3) is 4.47. The van der Waals surface area contributed by atoms with E-state index in [0.717, 1.165) is 6.42 Å². The molecule has 0 atom stereocenters. The average molecular weight is 233 g/mol. The molecule has 6 heteroatoms. The summed E-state index contributed by atoms with van der Waals surface area (Å²) in [5, 5.41) is 22.0. The number of nitrogens with one attached hydrogen (secondary N) is 2. The largest absolute Gasteiger partial charge is 0.367 e. The van der Waals surface area contributed by atoms with Crippen LogP contribution in [0.1, 0.15) is 25.3 Å². The van der Waals surface area contributed by atoms with Crippen molar-refractivity contribution in [1.82, 2.24) is 15.5 Å². The molecule has 1 rings (SSSR count). The molecule has 0 spiro atoms. The maximum atomic E-state index is 11.3. The molecule has 17 heavy (non-hydrogen) atoms. The van der Waals surface area contributed by atoms with Crippen LogP contribution in [0.25, 0.3) is 0 Å². The van der Waals surface area contributed by atoms with E-state index < -0.39 is 0 Å². The van der Waals surface area contributed by atoms with Crippen molar-refractivity contribution in [3.8, 4) is 6.07 Å². The molecule has 0 aliphatic heterocycles. The summed E-state index contributed by atoms with van der Waals surface area (Å²) in [7, 11) is 0. The summed E-state index contributed by atoms with van der Waals surface area (Å²) in [4.78, 5) is 11.3. The average Bonchev–Trinajstić information content (AvgIpc) is 2.37. The Hall–Kier alpha value is -2.16. The van der Waals surface area contributed by atoms with Crippen molar-refractivity contribution in [3.63, 3.8) is 0 Å². The number of anilines is 1. The van der Waals surface area contributed by atoms with E-state index in [0.29, 0.717) is 30.9 Å². The van der Waals surface area contributed by atoms with Crippen LogP contribution in [0.5, 0.6) is 0 Å². The number of hydrogen-bond donors (Lipinski definition) is 2. The topological polar surface area (TPSA) is 90.7 Å². The number of amides is 1. The second kappa shape index (κ2) is 7.17. The zero-order valence-electron chi connectivity index (χ0n) is 9.73. The maximum absolute atomic E-state index is 11.3. The first-order chi connectivity index (χ1) is 8.27. The minimum Gasteiger partial charge on any atom is -0.367 e. The van der Waals surface area contributed by atoms with Crippen LogP contribution in [0.3, 0.4) is 0 Å². The molecule has 1 heterocycles. The molecule has 0 radical (unpaired) electrons. The van der Waals surface area contributed by atoms with Gasteiger partial charge in [-0.25, -0.2) is 0 Å². The van der Waals surface area contributed by atoms with E-state index in [2.05, 4.69) is 20.8 Å². The molecule has 0 aromatic carbocycles. The van der Waals surface area contributed by atoms with Crippen LogP contribution in [0.15, 0.2) is 12.3 Å². The van der Waals surface area contributed by atoms with Crippen molar-refractivity contribution in [2.45, 2.75) is 19.8 Å². The summed E-state index contributed by atoms with van der Waals surface area (Å²) in [6.45, 7) is 3.12. The van der Waals surface area contributed by atoms with Gasteiger partial charge in [-0.05, 0) is 12.5 Å². The van der Waals surface area contributed by atoms with Crippen LogP contribution in [0.4, 0.5) is 5.82 Å². The molecule has 0 unspecified atom stereocenters. The number of carbonyl (C=O) groups excluding carboxylic acids is 1. The van der Waals surface area contributed by atoms with Gasteiger partial charge in [0.05, 0.1) is 11.8 Å². The smallest absolute Gasteiger partial charge is 0.221 e. The van der Waals surface area contributed by atoms with Crippen LogP contribution < -0.4 is 10.6 Å². The highest BCUT2D eigenvalue weighted by Gasteiger charge is 2.04. The molecular weight excluding hydrogens is 218 g/mol. The number of rotatable bonds is 6. The van der Waals surface area contributed by atoms with Crippen LogP contribution in [0, 0.1) is 11.3 Å². The van der Waals surface area contributed by atoms with E-state index >= 15 is 0 Å². The molecule has 0 fully saturated rings. The van der Waals surface area contributed by atoms with Gasteiger partial charge in [0.15, 0.2) is 5.82 Å². The van der Waals surface area contributed by atoms with Crippen molar-refractivity contribution in [2.75, 3.05) is 18.4 Å². The number of nitrogens with zero attached hydrogens (tertiary/aromatic N) is 3. The van der Waals surface area contributed by atoms with E-state index in [-0.39, 0.29) is 5.91 Å². The van der Waals surface area contributed by atoms with Gasteiger partial charge in [0.1, 0.15) is 6.07 Å². The predicted octanol–water partition coefficient (Wildman–Crippen LogP) is 0.676. The predicted molar refractivity (Wildman–Crippen MR) is 63.2 cm³/mol. The first-order valence-electron chi connectivity index (χ1n) is 5.50. The summed E-state index contributed by atoms with van der Waals surface area (Å²) < 4.78 is 0. The SMILES string of the molecule is CCCNC(=O)CCNc1nnccc1C#N. The van der Waals surface area contributed by atoms with Crippen molar-refractivity contribution >= 4 is 11.7 Å². The lowest BCUT2D eigenvalue weighted by atomic mass is 10.3. The summed E-state index contributed by atoms with van der Waals surface area (Å²) in [5.41, 5.74) is 0.425. The van der Waals surface area contributed by atoms with Crippen molar-refractivity contribution in [3.05, 3.63) is 17.8 Å². The van der Waals surface area contributed by atoms with Gasteiger partial charge in [0.2, 0.25) is 5.91 Å². The van der Waals surface area contributed by atoms with Gasteiger partial charge in [-0.15, -0.1) is 5.10 Å². The van der Waals surface area contributed by atoms with Gasteiger partial charge in [0, 0.05) is 19.5 Å². The Labute approximate surface area is 100 Å². The normalized spacial score (nSPS) is 9.41. The first kappa shape index (κ1) is 12.9. The first-order valence-corrected chi connectivity index (χ1v) is 5.50. The number of hydrogen-bond acceptors (Lipinski definition) is 5. The molecule has 0 saturated heterocycles. The Morgan fingerprint density at radius 1 is 1.53 bits per heavy atom. The monoisotopic (exact) mass is 233 g/mol. The lowest BCUT2D eigenvalue weighted by molar-refractivity contribution is -0.120. The molecule has 1 amide bonds. The van der Waals surface area contributed by atoms with Gasteiger partial charge in [0.25, 0.3) is 0 Å². The molecule has 90 valence electrons. The maximum Gasteiger partial charge on any atom is 0.221 e. The number of aromatic nitrogens is 2. The number of nitriles is 1. The molecule has 0 aliphatic rings. The fourth-order valence-electron chi connectivity index (χ4n) is 1.20. The second-order valence-electron chi connectivity index (χ2n) is 3.43. The highest BCUT2D eigenvalue weighted by atomic mass is 16.1. The quantitative estimate of drug-likeness (QED) is 0.753. The van der Waals surface area contributed by atoms with Gasteiger partial charge >= 0.3 is 0 Å². The Bertz CT molecular complexity index is 413. The van der Waals surface area contributed by atoms with E-state index in [1.165, 1.54) is 6.20 Å². The Kier molecular flexibility index (Phi) is 5.44. The standard InChI is InChI=1S/C11H15N5O/c1-2-5-13-10(17)4-6-14-11-9(8-12)3-7-15-16-11/h3,7H,2,4-6H2,1H3,(H,13,17)(H,14,16). The summed E-state index contributed by atoms with van der Waals surface area (Å²) in [5.74, 6) is 0.403. The van der Waals surface area contributed by atoms with Crippen molar-refractivity contribution in [1.29, 1.82) is 5.26 Å². The molecule has 1 aromatic heterocycles. The van der Waals surface area contributed by atoms with Crippen LogP contribution in [0.2, 0.25) is 0 Å². The third-order valence-corrected chi connectivity index (χ3v) is 2.06. The summed E-state index contributed by atoms with van der Waals surface area (Å²) in [6.07, 6.45) is 2.72.